The number of aliphatic hydroxyl groups is 1. The molecule has 1 aliphatic rings. The van der Waals surface area contributed by atoms with E-state index in [1.165, 1.54) is 18.2 Å². The number of fused-ring (bicyclic) bond motifs is 1. The molecule has 0 saturated carbocycles. The molecule has 2 aromatic rings. The molecule has 1 aliphatic heterocycles. The largest absolute Gasteiger partial charge is 0.389 e. The van der Waals surface area contributed by atoms with Gasteiger partial charge in [0, 0.05) is 35.8 Å². The Morgan fingerprint density at radius 3 is 2.30 bits per heavy atom. The molecule has 0 aromatic heterocycles. The molecular formula is C26H27F7N4O3. The summed E-state index contributed by atoms with van der Waals surface area (Å²) in [4.78, 5) is 30.6. The number of rotatable bonds is 9. The van der Waals surface area contributed by atoms with Crippen molar-refractivity contribution in [1.29, 1.82) is 0 Å². The van der Waals surface area contributed by atoms with Crippen LogP contribution in [0.4, 0.5) is 36.4 Å². The molecule has 0 radical (unpaired) electrons. The number of nitrogens with zero attached hydrogens (tertiary/aromatic N) is 1. The minimum Gasteiger partial charge on any atom is -0.379 e. The van der Waals surface area contributed by atoms with Gasteiger partial charge in [-0.1, -0.05) is 30.3 Å². The third-order valence-electron chi connectivity index (χ3n) is 6.45. The lowest BCUT2D eigenvalue weighted by molar-refractivity contribution is -0.152. The summed E-state index contributed by atoms with van der Waals surface area (Å²) in [6.07, 6.45) is -18.3. The van der Waals surface area contributed by atoms with Crippen molar-refractivity contribution in [3.05, 3.63) is 65.0 Å². The number of anilines is 1. The fourth-order valence-corrected chi connectivity index (χ4v) is 4.48. The zero-order chi connectivity index (χ0) is 29.8. The van der Waals surface area contributed by atoms with E-state index < -0.39 is 79.9 Å². The second-order valence-electron chi connectivity index (χ2n) is 9.45. The number of nitrogens with two attached hydrogens (primary N) is 1. The third kappa shape index (κ3) is 8.24. The van der Waals surface area contributed by atoms with Gasteiger partial charge in [0.25, 0.3) is 5.91 Å². The van der Waals surface area contributed by atoms with Crippen molar-refractivity contribution < 1.29 is 45.4 Å². The van der Waals surface area contributed by atoms with Crippen molar-refractivity contribution in [3.63, 3.8) is 0 Å². The fraction of sp³-hybridized carbons (Fsp3) is 0.423. The van der Waals surface area contributed by atoms with Crippen LogP contribution in [-0.2, 0) is 9.59 Å². The molecule has 218 valence electrons. The minimum atomic E-state index is -4.77. The van der Waals surface area contributed by atoms with Gasteiger partial charge in [0.05, 0.1) is 11.4 Å². The van der Waals surface area contributed by atoms with Crippen LogP contribution in [0.15, 0.2) is 47.5 Å². The second-order valence-corrected chi connectivity index (χ2v) is 9.45. The van der Waals surface area contributed by atoms with E-state index in [0.717, 1.165) is 6.07 Å². The summed E-state index contributed by atoms with van der Waals surface area (Å²) >= 11 is 0. The van der Waals surface area contributed by atoms with E-state index in [1.54, 1.807) is 25.1 Å². The first kappa shape index (κ1) is 31.0. The number of benzene rings is 2. The van der Waals surface area contributed by atoms with Crippen LogP contribution < -0.4 is 16.4 Å². The monoisotopic (exact) mass is 576 g/mol. The Labute approximate surface area is 224 Å². The van der Waals surface area contributed by atoms with E-state index >= 15 is 0 Å². The van der Waals surface area contributed by atoms with Crippen LogP contribution in [0.5, 0.6) is 0 Å². The van der Waals surface area contributed by atoms with E-state index in [2.05, 4.69) is 15.6 Å². The normalized spacial score (nSPS) is 18.1. The van der Waals surface area contributed by atoms with Crippen LogP contribution in [0.3, 0.4) is 0 Å². The molecule has 0 aliphatic carbocycles. The standard InChI is InChI=1S/C26H27F7N4O3/c1-13-4-2-7-18-19(13)36-24(40)22(35-20(18)14-5-3-6-15(27)12-14)37-23(39)17(9-11-26(31,32)33)16(21(34)38)8-10-25(28,29)30/h2-7,12,16-17,21-22,38H,8-11,34H2,1H3,(H,36,40)(H,37,39)/t16-,17+,21?,22+/m0/s1. The van der Waals surface area contributed by atoms with E-state index in [1.807, 2.05) is 0 Å². The first-order chi connectivity index (χ1) is 18.6. The van der Waals surface area contributed by atoms with Crippen molar-refractivity contribution >= 4 is 23.2 Å². The molecule has 2 aromatic carbocycles. The Morgan fingerprint density at radius 2 is 1.70 bits per heavy atom. The summed E-state index contributed by atoms with van der Waals surface area (Å²) in [5, 5.41) is 14.7. The Balaban J connectivity index is 2.01. The van der Waals surface area contributed by atoms with Crippen LogP contribution >= 0.6 is 0 Å². The number of amides is 2. The highest BCUT2D eigenvalue weighted by Crippen LogP contribution is 2.34. The molecule has 1 unspecified atom stereocenters. The van der Waals surface area contributed by atoms with Crippen molar-refractivity contribution in [1.82, 2.24) is 5.32 Å². The van der Waals surface area contributed by atoms with Crippen LogP contribution in [0.2, 0.25) is 0 Å². The molecule has 2 amide bonds. The number of aliphatic hydroxyl groups excluding tert-OH is 1. The smallest absolute Gasteiger partial charge is 0.379 e. The van der Waals surface area contributed by atoms with Gasteiger partial charge in [-0.25, -0.2) is 9.38 Å². The molecule has 0 fully saturated rings. The maximum absolute atomic E-state index is 14.1. The average Bonchev–Trinajstić information content (AvgIpc) is 2.97. The van der Waals surface area contributed by atoms with Gasteiger partial charge in [0.15, 0.2) is 0 Å². The SMILES string of the molecule is Cc1cccc2c1NC(=O)[C@@H](NC(=O)[C@H](CCC(F)(F)F)[C@H](CCC(F)(F)F)C(N)O)N=C2c1cccc(F)c1. The summed E-state index contributed by atoms with van der Waals surface area (Å²) < 4.78 is 91.8. The maximum atomic E-state index is 14.1. The fourth-order valence-electron chi connectivity index (χ4n) is 4.48. The number of carbonyl (C=O) groups excluding carboxylic acids is 2. The number of carbonyl (C=O) groups is 2. The zero-order valence-corrected chi connectivity index (χ0v) is 21.1. The van der Waals surface area contributed by atoms with Crippen molar-refractivity contribution in [3.8, 4) is 0 Å². The highest BCUT2D eigenvalue weighted by atomic mass is 19.4. The molecule has 40 heavy (non-hydrogen) atoms. The lowest BCUT2D eigenvalue weighted by Gasteiger charge is -2.30. The number of hydrogen-bond acceptors (Lipinski definition) is 5. The second kappa shape index (κ2) is 12.3. The molecule has 14 heteroatoms. The molecule has 0 bridgehead atoms. The zero-order valence-electron chi connectivity index (χ0n) is 21.1. The Kier molecular flexibility index (Phi) is 9.56. The molecule has 4 atom stereocenters. The number of aryl methyl sites for hydroxylation is 1. The quantitative estimate of drug-likeness (QED) is 0.259. The van der Waals surface area contributed by atoms with E-state index in [4.69, 9.17) is 5.73 Å². The van der Waals surface area contributed by atoms with Gasteiger partial charge < -0.3 is 21.5 Å². The summed E-state index contributed by atoms with van der Waals surface area (Å²) in [7, 11) is 0. The number of hydrogen-bond donors (Lipinski definition) is 4. The number of alkyl halides is 6. The van der Waals surface area contributed by atoms with E-state index in [0.29, 0.717) is 16.8 Å². The molecular weight excluding hydrogens is 549 g/mol. The van der Waals surface area contributed by atoms with Crippen LogP contribution in [0.25, 0.3) is 0 Å². The number of benzodiazepines with no additional fused rings is 1. The van der Waals surface area contributed by atoms with Crippen molar-refractivity contribution in [2.75, 3.05) is 5.32 Å². The first-order valence-corrected chi connectivity index (χ1v) is 12.2. The minimum absolute atomic E-state index is 0.0705. The van der Waals surface area contributed by atoms with Crippen molar-refractivity contribution in [2.24, 2.45) is 22.6 Å². The summed E-state index contributed by atoms with van der Waals surface area (Å²) in [6.45, 7) is 1.67. The summed E-state index contributed by atoms with van der Waals surface area (Å²) in [5.41, 5.74) is 6.94. The Bertz CT molecular complexity index is 1260. The number of aliphatic imine (C=N–C) groups is 1. The van der Waals surface area contributed by atoms with Gasteiger partial charge in [0.1, 0.15) is 12.0 Å². The Hall–Kier alpha value is -3.52. The lowest BCUT2D eigenvalue weighted by atomic mass is 9.82. The molecule has 0 spiro atoms. The van der Waals surface area contributed by atoms with E-state index in [-0.39, 0.29) is 11.3 Å². The number of para-hydroxylation sites is 1. The molecule has 7 nitrogen and oxygen atoms in total. The predicted molar refractivity (Wildman–Crippen MR) is 132 cm³/mol. The van der Waals surface area contributed by atoms with Crippen LogP contribution in [0.1, 0.15) is 42.4 Å². The Morgan fingerprint density at radius 1 is 1.07 bits per heavy atom. The first-order valence-electron chi connectivity index (χ1n) is 12.2. The van der Waals surface area contributed by atoms with Gasteiger partial charge in [-0.3, -0.25) is 9.59 Å². The average molecular weight is 577 g/mol. The highest BCUT2D eigenvalue weighted by Gasteiger charge is 2.40. The van der Waals surface area contributed by atoms with E-state index in [9.17, 15) is 45.4 Å². The molecule has 3 rings (SSSR count). The molecule has 5 N–H and O–H groups in total. The maximum Gasteiger partial charge on any atom is 0.389 e. The van der Waals surface area contributed by atoms with Crippen molar-refractivity contribution in [2.45, 2.75) is 57.4 Å². The van der Waals surface area contributed by atoms with Gasteiger partial charge in [-0.15, -0.1) is 0 Å². The summed E-state index contributed by atoms with van der Waals surface area (Å²) in [6, 6.07) is 10.1. The van der Waals surface area contributed by atoms with Crippen LogP contribution in [0, 0.1) is 24.6 Å². The van der Waals surface area contributed by atoms with Gasteiger partial charge in [-0.05, 0) is 37.5 Å². The van der Waals surface area contributed by atoms with Gasteiger partial charge in [-0.2, -0.15) is 26.3 Å². The van der Waals surface area contributed by atoms with Gasteiger partial charge >= 0.3 is 12.4 Å². The number of nitrogens with one attached hydrogen (secondary N) is 2. The predicted octanol–water partition coefficient (Wildman–Crippen LogP) is 4.56. The van der Waals surface area contributed by atoms with Gasteiger partial charge in [0.2, 0.25) is 12.1 Å². The molecule has 0 saturated heterocycles. The van der Waals surface area contributed by atoms with Crippen LogP contribution in [-0.4, -0.2) is 47.4 Å². The lowest BCUT2D eigenvalue weighted by Crippen LogP contribution is -2.49. The number of halogens is 7. The summed E-state index contributed by atoms with van der Waals surface area (Å²) in [5.74, 6) is -6.35. The molecule has 1 heterocycles. The third-order valence-corrected chi connectivity index (χ3v) is 6.45. The highest BCUT2D eigenvalue weighted by molar-refractivity contribution is 6.20. The topological polar surface area (TPSA) is 117 Å².